The van der Waals surface area contributed by atoms with Crippen molar-refractivity contribution in [3.05, 3.63) is 35.2 Å². The molecule has 1 unspecified atom stereocenters. The molecule has 0 aliphatic carbocycles. The Labute approximate surface area is 89.7 Å². The number of rotatable bonds is 6. The van der Waals surface area contributed by atoms with Crippen LogP contribution in [0.5, 0.6) is 0 Å². The molecule has 1 heterocycles. The standard InChI is InChI=1S/C10H16N2O3/c1-2-3-4-5-6-7-8-10-9-11(13)15-12(10)14/h2,6-7,10H,1,3-5,8-9H2/q-2/b7-6+. The van der Waals surface area contributed by atoms with E-state index in [1.165, 1.54) is 0 Å². The van der Waals surface area contributed by atoms with Crippen LogP contribution >= 0.6 is 0 Å². The fraction of sp³-hybridized carbons (Fsp3) is 0.600. The second-order valence-corrected chi connectivity index (χ2v) is 3.46. The zero-order chi connectivity index (χ0) is 11.1. The van der Waals surface area contributed by atoms with Crippen molar-refractivity contribution in [1.82, 2.24) is 10.5 Å². The van der Waals surface area contributed by atoms with E-state index in [1.54, 1.807) is 0 Å². The van der Waals surface area contributed by atoms with Gasteiger partial charge < -0.3 is 10.4 Å². The summed E-state index contributed by atoms with van der Waals surface area (Å²) < 4.78 is 0. The maximum atomic E-state index is 11.0. The number of hydrogen-bond donors (Lipinski definition) is 0. The molecule has 0 radical (unpaired) electrons. The van der Waals surface area contributed by atoms with Crippen molar-refractivity contribution in [3.8, 4) is 0 Å². The summed E-state index contributed by atoms with van der Waals surface area (Å²) in [6.07, 6.45) is 9.41. The molecule has 1 aliphatic heterocycles. The van der Waals surface area contributed by atoms with Gasteiger partial charge in [-0.25, -0.2) is 15.4 Å². The predicted molar refractivity (Wildman–Crippen MR) is 58.0 cm³/mol. The molecule has 0 N–H and O–H groups in total. The molecular formula is C10H16N2O3-2. The number of allylic oxidation sites excluding steroid dienone is 2. The first-order valence-electron chi connectivity index (χ1n) is 5.09. The Morgan fingerprint density at radius 1 is 1.33 bits per heavy atom. The fourth-order valence-electron chi connectivity index (χ4n) is 1.34. The van der Waals surface area contributed by atoms with Gasteiger partial charge in [0.05, 0.1) is 0 Å². The van der Waals surface area contributed by atoms with Crippen molar-refractivity contribution in [2.24, 2.45) is 0 Å². The topological polar surface area (TPSA) is 61.8 Å². The van der Waals surface area contributed by atoms with E-state index in [0.717, 1.165) is 19.3 Å². The Kier molecular flexibility index (Phi) is 5.52. The molecule has 0 bridgehead atoms. The molecule has 1 atom stereocenters. The van der Waals surface area contributed by atoms with Gasteiger partial charge >= 0.3 is 0 Å². The summed E-state index contributed by atoms with van der Waals surface area (Å²) in [5, 5.41) is 22.3. The van der Waals surface area contributed by atoms with E-state index in [1.807, 2.05) is 18.2 Å². The zero-order valence-corrected chi connectivity index (χ0v) is 8.67. The first kappa shape index (κ1) is 12.4. The van der Waals surface area contributed by atoms with Crippen molar-refractivity contribution in [1.29, 1.82) is 0 Å². The summed E-state index contributed by atoms with van der Waals surface area (Å²) in [5.41, 5.74) is 0. The highest BCUT2D eigenvalue weighted by atomic mass is 17.1. The van der Waals surface area contributed by atoms with Gasteiger partial charge in [0.25, 0.3) is 0 Å². The van der Waals surface area contributed by atoms with Crippen LogP contribution in [0.4, 0.5) is 0 Å². The minimum Gasteiger partial charge on any atom is -0.761 e. The summed E-state index contributed by atoms with van der Waals surface area (Å²) >= 11 is 0. The second kappa shape index (κ2) is 6.71. The molecule has 5 heteroatoms. The molecule has 0 aromatic carbocycles. The quantitative estimate of drug-likeness (QED) is 0.498. The lowest BCUT2D eigenvalue weighted by Gasteiger charge is -2.26. The second-order valence-electron chi connectivity index (χ2n) is 3.46. The molecule has 0 aromatic heterocycles. The molecule has 1 saturated heterocycles. The first-order chi connectivity index (χ1) is 7.24. The third kappa shape index (κ3) is 4.55. The van der Waals surface area contributed by atoms with Gasteiger partial charge in [0.2, 0.25) is 0 Å². The van der Waals surface area contributed by atoms with Crippen molar-refractivity contribution in [2.45, 2.75) is 31.7 Å². The summed E-state index contributed by atoms with van der Waals surface area (Å²) in [7, 11) is 0. The molecular weight excluding hydrogens is 196 g/mol. The van der Waals surface area contributed by atoms with Gasteiger partial charge in [-0.1, -0.05) is 18.2 Å². The van der Waals surface area contributed by atoms with Crippen LogP contribution in [0, 0.1) is 10.4 Å². The lowest BCUT2D eigenvalue weighted by Crippen LogP contribution is -2.23. The third-order valence-electron chi connectivity index (χ3n) is 2.18. The summed E-state index contributed by atoms with van der Waals surface area (Å²) in [4.78, 5) is 4.28. The molecule has 0 amide bonds. The fourth-order valence-corrected chi connectivity index (χ4v) is 1.34. The van der Waals surface area contributed by atoms with E-state index in [-0.39, 0.29) is 12.6 Å². The molecule has 86 valence electrons. The first-order valence-corrected chi connectivity index (χ1v) is 5.09. The highest BCUT2D eigenvalue weighted by molar-refractivity contribution is 4.89. The van der Waals surface area contributed by atoms with Crippen LogP contribution in [0.3, 0.4) is 0 Å². The Balaban J connectivity index is 2.11. The Hall–Kier alpha value is -0.720. The molecule has 0 saturated carbocycles. The number of nitrogens with zero attached hydrogens (tertiary/aromatic N) is 2. The molecule has 1 aliphatic rings. The summed E-state index contributed by atoms with van der Waals surface area (Å²) in [5.74, 6) is 0. The average Bonchev–Trinajstić information content (AvgIpc) is 2.51. The van der Waals surface area contributed by atoms with Crippen LogP contribution < -0.4 is 0 Å². The summed E-state index contributed by atoms with van der Waals surface area (Å²) in [6.45, 7) is 3.74. The van der Waals surface area contributed by atoms with Crippen molar-refractivity contribution >= 4 is 0 Å². The summed E-state index contributed by atoms with van der Waals surface area (Å²) in [6, 6.07) is -0.377. The van der Waals surface area contributed by atoms with E-state index in [9.17, 15) is 10.4 Å². The minimum absolute atomic E-state index is 0.112. The Bertz CT molecular complexity index is 221. The van der Waals surface area contributed by atoms with Crippen molar-refractivity contribution < 1.29 is 4.94 Å². The zero-order valence-electron chi connectivity index (χ0n) is 8.67. The van der Waals surface area contributed by atoms with Gasteiger partial charge in [0.15, 0.2) is 0 Å². The van der Waals surface area contributed by atoms with Gasteiger partial charge in [-0.05, 0) is 25.7 Å². The molecule has 0 spiro atoms. The van der Waals surface area contributed by atoms with Crippen LogP contribution in [0.1, 0.15) is 25.7 Å². The number of hydroxylamine groups is 4. The van der Waals surface area contributed by atoms with E-state index >= 15 is 0 Å². The van der Waals surface area contributed by atoms with Crippen LogP contribution in [-0.2, 0) is 4.94 Å². The van der Waals surface area contributed by atoms with Gasteiger partial charge in [-0.2, -0.15) is 0 Å². The average molecular weight is 212 g/mol. The van der Waals surface area contributed by atoms with E-state index in [2.05, 4.69) is 11.5 Å². The lowest BCUT2D eigenvalue weighted by atomic mass is 10.1. The maximum absolute atomic E-state index is 11.0. The van der Waals surface area contributed by atoms with Crippen LogP contribution in [-0.4, -0.2) is 23.0 Å². The van der Waals surface area contributed by atoms with Crippen LogP contribution in [0.15, 0.2) is 24.8 Å². The van der Waals surface area contributed by atoms with E-state index < -0.39 is 0 Å². The van der Waals surface area contributed by atoms with E-state index in [0.29, 0.717) is 16.9 Å². The monoisotopic (exact) mass is 212 g/mol. The predicted octanol–water partition coefficient (Wildman–Crippen LogP) is 2.12. The van der Waals surface area contributed by atoms with Gasteiger partial charge in [0.1, 0.15) is 0 Å². The van der Waals surface area contributed by atoms with Crippen molar-refractivity contribution in [2.75, 3.05) is 6.54 Å². The molecule has 5 nitrogen and oxygen atoms in total. The minimum atomic E-state index is -0.377. The normalized spacial score (nSPS) is 24.0. The molecule has 15 heavy (non-hydrogen) atoms. The van der Waals surface area contributed by atoms with Crippen LogP contribution in [0.2, 0.25) is 0 Å². The number of hydrogen-bond acceptors (Lipinski definition) is 5. The Morgan fingerprint density at radius 3 is 2.73 bits per heavy atom. The van der Waals surface area contributed by atoms with Gasteiger partial charge in [-0.3, -0.25) is 0 Å². The molecule has 1 fully saturated rings. The third-order valence-corrected chi connectivity index (χ3v) is 2.18. The smallest absolute Gasteiger partial charge is 0.0412 e. The highest BCUT2D eigenvalue weighted by Crippen LogP contribution is 2.15. The maximum Gasteiger partial charge on any atom is 0.0412 e. The molecule has 1 rings (SSSR count). The van der Waals surface area contributed by atoms with Crippen molar-refractivity contribution in [3.63, 3.8) is 0 Å². The van der Waals surface area contributed by atoms with Gasteiger partial charge in [-0.15, -0.1) is 6.58 Å². The SMILES string of the molecule is C=CCCC/C=C/CC1CN([O-])ON1[O-]. The number of unbranched alkanes of at least 4 members (excludes halogenated alkanes) is 2. The highest BCUT2D eigenvalue weighted by Gasteiger charge is 2.18. The Morgan fingerprint density at radius 2 is 2.13 bits per heavy atom. The lowest BCUT2D eigenvalue weighted by molar-refractivity contribution is -0.228. The van der Waals surface area contributed by atoms with Gasteiger partial charge in [0, 0.05) is 12.6 Å². The molecule has 0 aromatic rings. The van der Waals surface area contributed by atoms with E-state index in [4.69, 9.17) is 0 Å². The largest absolute Gasteiger partial charge is 0.761 e. The van der Waals surface area contributed by atoms with Crippen LogP contribution in [0.25, 0.3) is 0 Å².